The predicted molar refractivity (Wildman–Crippen MR) is 412 cm³/mol. The zero-order valence-electron chi connectivity index (χ0n) is 62.5. The number of thiazole rings is 3. The largest absolute Gasteiger partial charge is 0.405 e. The highest BCUT2D eigenvalue weighted by molar-refractivity contribution is 7.22. The lowest BCUT2D eigenvalue weighted by molar-refractivity contribution is -0.115. The molecule has 580 valence electrons. The molecule has 5 aliphatic carbocycles. The van der Waals surface area contributed by atoms with Gasteiger partial charge in [0.1, 0.15) is 73.9 Å². The number of pyridine rings is 3. The van der Waals surface area contributed by atoms with E-state index in [4.69, 9.17) is 59.3 Å². The van der Waals surface area contributed by atoms with Crippen LogP contribution in [0.25, 0.3) is 62.4 Å². The average molecular weight is 1550 g/mol. The van der Waals surface area contributed by atoms with E-state index in [-0.39, 0.29) is 67.8 Å². The summed E-state index contributed by atoms with van der Waals surface area (Å²) >= 11 is 4.23. The maximum absolute atomic E-state index is 13.9. The number of nitrogens with one attached hydrogen (secondary N) is 6. The highest BCUT2D eigenvalue weighted by Crippen LogP contribution is 2.48. The van der Waals surface area contributed by atoms with Crippen molar-refractivity contribution in [1.82, 2.24) is 59.8 Å². The molecule has 9 aromatic rings. The van der Waals surface area contributed by atoms with Gasteiger partial charge in [0.2, 0.25) is 17.8 Å². The Kier molecular flexibility index (Phi) is 21.7. The van der Waals surface area contributed by atoms with Gasteiger partial charge in [0.25, 0.3) is 0 Å². The Labute approximate surface area is 635 Å². The van der Waals surface area contributed by atoms with Gasteiger partial charge in [-0.05, 0) is 144 Å². The highest BCUT2D eigenvalue weighted by Gasteiger charge is 2.52. The first-order chi connectivity index (χ1) is 51.2. The van der Waals surface area contributed by atoms with Gasteiger partial charge in [0.05, 0.1) is 131 Å². The van der Waals surface area contributed by atoms with Crippen molar-refractivity contribution in [3.63, 3.8) is 0 Å². The first-order valence-electron chi connectivity index (χ1n) is 37.3. The van der Waals surface area contributed by atoms with Crippen LogP contribution in [0.1, 0.15) is 147 Å². The topological polar surface area (TPSA) is 387 Å². The number of aliphatic hydroxyl groups is 7. The fourth-order valence-corrected chi connectivity index (χ4v) is 18.8. The SMILES string of the molecule is CCCc1nccc2sc(-c3c(C)nc(NCC4(C)CC4)nc3N[C@@H]3C[C@H](C(C)(C)O)[C@@H](O)[C@H]3OCCc3nccc4sc(-c5c(C)nc(NCC(F)(F)F)nc5NC5C[C@H](C(C)(C)O)[C@@H](O)[C@H]5OCCc5nccc6sc(-c7c(C)nc(NC8CCC8)nc7N[C@@H]7C[C@H](C(C)(C)O)[C@@H](O)[C@H]7O)nc56)nc34)nc12. The number of halogens is 3. The lowest BCUT2D eigenvalue weighted by Crippen LogP contribution is -2.42. The number of aromatic nitrogens is 12. The minimum Gasteiger partial charge on any atom is -0.390 e. The minimum atomic E-state index is -4.62. The molecule has 33 heteroatoms. The molecule has 0 amide bonds. The molecular weight excluding hydrogens is 1450 g/mol. The van der Waals surface area contributed by atoms with Gasteiger partial charge in [0.15, 0.2) is 0 Å². The molecule has 5 saturated carbocycles. The van der Waals surface area contributed by atoms with Crippen molar-refractivity contribution >= 4 is 100.0 Å². The fourth-order valence-electron chi connectivity index (χ4n) is 15.6. The summed E-state index contributed by atoms with van der Waals surface area (Å²) in [6.45, 7) is 18.9. The van der Waals surface area contributed by atoms with Crippen molar-refractivity contribution in [2.24, 2.45) is 23.2 Å². The minimum absolute atomic E-state index is 0.00436. The Balaban J connectivity index is 0.723. The Morgan fingerprint density at radius 1 is 0.500 bits per heavy atom. The van der Waals surface area contributed by atoms with E-state index < -0.39 is 102 Å². The Morgan fingerprint density at radius 3 is 1.28 bits per heavy atom. The van der Waals surface area contributed by atoms with Crippen LogP contribution in [0.3, 0.4) is 0 Å². The number of aliphatic hydroxyl groups excluding tert-OH is 4. The highest BCUT2D eigenvalue weighted by atomic mass is 32.1. The Bertz CT molecular complexity index is 4750. The predicted octanol–water partition coefficient (Wildman–Crippen LogP) is 10.5. The third kappa shape index (κ3) is 16.5. The van der Waals surface area contributed by atoms with Crippen LogP contribution in [0, 0.1) is 43.9 Å². The van der Waals surface area contributed by atoms with Crippen LogP contribution in [0.15, 0.2) is 36.8 Å². The molecule has 0 aromatic carbocycles. The maximum Gasteiger partial charge on any atom is 0.405 e. The summed E-state index contributed by atoms with van der Waals surface area (Å²) in [6, 6.07) is 3.82. The molecule has 13 N–H and O–H groups in total. The second-order valence-electron chi connectivity index (χ2n) is 32.0. The maximum atomic E-state index is 13.9. The van der Waals surface area contributed by atoms with Crippen LogP contribution in [-0.2, 0) is 28.7 Å². The van der Waals surface area contributed by atoms with Crippen molar-refractivity contribution in [3.05, 3.63) is 71.0 Å². The van der Waals surface area contributed by atoms with Gasteiger partial charge in [-0.15, -0.1) is 34.0 Å². The van der Waals surface area contributed by atoms with Crippen molar-refractivity contribution < 1.29 is 58.4 Å². The molecule has 9 heterocycles. The smallest absolute Gasteiger partial charge is 0.390 e. The molecule has 14 rings (SSSR count). The van der Waals surface area contributed by atoms with Crippen molar-refractivity contribution in [1.29, 1.82) is 0 Å². The molecule has 0 spiro atoms. The zero-order chi connectivity index (χ0) is 76.7. The Hall–Kier alpha value is -7.41. The van der Waals surface area contributed by atoms with Gasteiger partial charge in [-0.25, -0.2) is 29.9 Å². The number of alkyl halides is 3. The van der Waals surface area contributed by atoms with Crippen LogP contribution < -0.4 is 31.9 Å². The molecule has 5 aliphatic rings. The van der Waals surface area contributed by atoms with E-state index in [0.717, 1.165) is 70.3 Å². The molecule has 1 unspecified atom stereocenters. The Morgan fingerprint density at radius 2 is 0.889 bits per heavy atom. The standard InChI is InChI=1S/C75H97F3N18O9S3/c1-12-14-41-53-47(17-24-79-41)106-65(91-53)50-34(2)84-68(82-32-74(11)22-23-74)94-63(50)89-45-30-39(72(7,8)102)57(98)60(45)104-27-20-42-54-48(18-25-80-42)107-66(92-54)51-35(3)85-69(83-33-75(76,77)78)95-64(51)90-46-31-40(73(9,10)103)58(99)61(46)105-28-21-43-55-49(19-26-81-43)108-67(93-55)52-36(4)86-70(87-37-15-13-16-37)96-62(52)88-44-29-38(71(5,6)101)56(97)59(44)100/h17-19,24-26,37-40,44-46,56-61,97-103H,12-16,20-23,27-33H2,1-11H3,(H2,82,84,89,94)(H2,83,85,90,95)(H2,86,87,88,96)/t38-,39-,40-,44+,45+,46?,56+,57+,58+,59-,60-,61-/m0/s1. The summed E-state index contributed by atoms with van der Waals surface area (Å²) in [7, 11) is 0. The van der Waals surface area contributed by atoms with E-state index in [9.17, 15) is 48.9 Å². The summed E-state index contributed by atoms with van der Waals surface area (Å²) < 4.78 is 57.8. The van der Waals surface area contributed by atoms with Crippen molar-refractivity contribution in [3.8, 4) is 31.7 Å². The fraction of sp³-hybridized carbons (Fsp3) is 0.600. The molecule has 0 saturated heterocycles. The lowest BCUT2D eigenvalue weighted by Gasteiger charge is -2.29. The summed E-state index contributed by atoms with van der Waals surface area (Å²) in [5.41, 5.74) is 3.41. The van der Waals surface area contributed by atoms with Crippen LogP contribution in [0.2, 0.25) is 0 Å². The molecule has 0 bridgehead atoms. The van der Waals surface area contributed by atoms with Gasteiger partial charge in [0, 0.05) is 61.8 Å². The second-order valence-corrected chi connectivity index (χ2v) is 35.1. The van der Waals surface area contributed by atoms with E-state index in [2.05, 4.69) is 55.7 Å². The second kappa shape index (κ2) is 30.4. The monoisotopic (exact) mass is 1550 g/mol. The number of aryl methyl sites for hydroxylation is 4. The van der Waals surface area contributed by atoms with Crippen molar-refractivity contribution in [2.45, 2.75) is 237 Å². The van der Waals surface area contributed by atoms with E-state index >= 15 is 0 Å². The summed E-state index contributed by atoms with van der Waals surface area (Å²) in [6.07, 6.45) is 1.99. The van der Waals surface area contributed by atoms with Gasteiger partial charge in [-0.2, -0.15) is 28.1 Å². The average Bonchev–Trinajstić information content (AvgIpc) is 1.60. The van der Waals surface area contributed by atoms with E-state index in [0.29, 0.717) is 102 Å². The number of hydrogen-bond acceptors (Lipinski definition) is 30. The zero-order valence-corrected chi connectivity index (χ0v) is 64.9. The first kappa shape index (κ1) is 77.3. The molecular formula is C75H97F3N18O9S3. The van der Waals surface area contributed by atoms with E-state index in [1.807, 2.05) is 38.2 Å². The molecule has 0 aliphatic heterocycles. The van der Waals surface area contributed by atoms with Crippen LogP contribution in [-0.4, -0.2) is 206 Å². The van der Waals surface area contributed by atoms with E-state index in [1.54, 1.807) is 60.9 Å². The number of nitrogens with zero attached hydrogens (tertiary/aromatic N) is 12. The number of hydrogen-bond donors (Lipinski definition) is 13. The lowest BCUT2D eigenvalue weighted by atomic mass is 9.88. The van der Waals surface area contributed by atoms with Gasteiger partial charge in [-0.1, -0.05) is 20.3 Å². The summed E-state index contributed by atoms with van der Waals surface area (Å²) in [5.74, 6) is -0.417. The number of ether oxygens (including phenoxy) is 2. The van der Waals surface area contributed by atoms with Crippen LogP contribution in [0.4, 0.5) is 48.5 Å². The van der Waals surface area contributed by atoms with Crippen LogP contribution in [0.5, 0.6) is 0 Å². The molecule has 9 aromatic heterocycles. The third-order valence-corrected chi connectivity index (χ3v) is 25.3. The summed E-state index contributed by atoms with van der Waals surface area (Å²) in [4.78, 5) is 58.8. The molecule has 12 atom stereocenters. The van der Waals surface area contributed by atoms with E-state index in [1.165, 1.54) is 34.0 Å². The molecule has 27 nitrogen and oxygen atoms in total. The van der Waals surface area contributed by atoms with Crippen LogP contribution >= 0.6 is 34.0 Å². The van der Waals surface area contributed by atoms with Gasteiger partial charge in [-0.3, -0.25) is 15.0 Å². The van der Waals surface area contributed by atoms with Gasteiger partial charge >= 0.3 is 6.18 Å². The third-order valence-electron chi connectivity index (χ3n) is 22.2. The summed E-state index contributed by atoms with van der Waals surface area (Å²) in [5, 5.41) is 103. The number of anilines is 6. The normalized spacial score (nSPS) is 24.6. The molecule has 0 radical (unpaired) electrons. The number of rotatable bonds is 29. The van der Waals surface area contributed by atoms with Gasteiger partial charge < -0.3 is 77.1 Å². The quantitative estimate of drug-likeness (QED) is 0.0207. The van der Waals surface area contributed by atoms with Crippen molar-refractivity contribution in [2.75, 3.05) is 58.2 Å². The number of fused-ring (bicyclic) bond motifs is 3. The first-order valence-corrected chi connectivity index (χ1v) is 39.8. The molecule has 108 heavy (non-hydrogen) atoms. The molecule has 5 fully saturated rings.